The number of aliphatic hydroxyl groups is 1. The molecule has 9 atom stereocenters. The number of rotatable bonds is 3. The average molecular weight is 469 g/mol. The van der Waals surface area contributed by atoms with E-state index in [1.54, 1.807) is 20.8 Å². The van der Waals surface area contributed by atoms with Gasteiger partial charge in [0.05, 0.1) is 6.10 Å². The third-order valence-corrected chi connectivity index (χ3v) is 9.38. The average Bonchev–Trinajstić information content (AvgIpc) is 2.93. The summed E-state index contributed by atoms with van der Waals surface area (Å²) in [6.45, 7) is 6.62. The zero-order chi connectivity index (χ0) is 23.9. The molecule has 0 aliphatic heterocycles. The fourth-order valence-electron chi connectivity index (χ4n) is 7.49. The van der Waals surface area contributed by atoms with Crippen LogP contribution in [-0.4, -0.2) is 45.5 Å². The second-order valence-electron chi connectivity index (χ2n) is 10.4. The van der Waals surface area contributed by atoms with Gasteiger partial charge in [-0.05, 0) is 49.8 Å². The standard InChI is InChI=1S/C24H30F2O5S/c1-5-19(29)31-24(20(30)32)12(2)8-14-15-10-17(25)16-9-13(27)6-7-21(16,3)23(15,26)18(28)11-22(14,24)4/h6-7,9,12,14-15,17-18,28H,5,8,10-11H2,1-4H3,(H,30,32)/t12-,14?,15?,17+,18?,21?,22?,23+,24+/m1/s1. The zero-order valence-electron chi connectivity index (χ0n) is 18.7. The summed E-state index contributed by atoms with van der Waals surface area (Å²) in [5.41, 5.74) is -6.46. The number of aliphatic hydroxyl groups excluding tert-OH is 1. The van der Waals surface area contributed by atoms with E-state index in [2.05, 4.69) is 12.6 Å². The first-order valence-corrected chi connectivity index (χ1v) is 11.7. The summed E-state index contributed by atoms with van der Waals surface area (Å²) >= 11 is 4.09. The number of ether oxygens (including phenoxy) is 1. The van der Waals surface area contributed by atoms with Crippen molar-refractivity contribution in [2.24, 2.45) is 28.6 Å². The van der Waals surface area contributed by atoms with Gasteiger partial charge >= 0.3 is 5.97 Å². The van der Waals surface area contributed by atoms with Gasteiger partial charge in [-0.25, -0.2) is 8.78 Å². The lowest BCUT2D eigenvalue weighted by Crippen LogP contribution is -2.70. The molecule has 4 aliphatic rings. The summed E-state index contributed by atoms with van der Waals surface area (Å²) in [6, 6.07) is 0. The van der Waals surface area contributed by atoms with Crippen LogP contribution in [0.2, 0.25) is 0 Å². The van der Waals surface area contributed by atoms with Gasteiger partial charge in [0.1, 0.15) is 6.17 Å². The highest BCUT2D eigenvalue weighted by atomic mass is 32.1. The first-order chi connectivity index (χ1) is 14.8. The zero-order valence-corrected chi connectivity index (χ0v) is 19.6. The Hall–Kier alpha value is -1.54. The lowest BCUT2D eigenvalue weighted by Gasteiger charge is -2.63. The van der Waals surface area contributed by atoms with E-state index < -0.39 is 69.0 Å². The summed E-state index contributed by atoms with van der Waals surface area (Å²) in [5, 5.41) is 10.7. The highest BCUT2D eigenvalue weighted by Gasteiger charge is 2.77. The molecule has 0 bridgehead atoms. The first kappa shape index (κ1) is 23.6. The van der Waals surface area contributed by atoms with Gasteiger partial charge in [0, 0.05) is 29.1 Å². The number of allylic oxidation sites excluding steroid dienone is 4. The van der Waals surface area contributed by atoms with E-state index >= 15 is 8.78 Å². The number of halogens is 2. The smallest absolute Gasteiger partial charge is 0.306 e. The van der Waals surface area contributed by atoms with Crippen molar-refractivity contribution in [3.8, 4) is 0 Å². The Labute approximate surface area is 192 Å². The highest BCUT2D eigenvalue weighted by Crippen LogP contribution is 2.71. The van der Waals surface area contributed by atoms with Gasteiger partial charge in [-0.1, -0.05) is 26.8 Å². The molecule has 0 radical (unpaired) electrons. The topological polar surface area (TPSA) is 80.7 Å². The Morgan fingerprint density at radius 1 is 1.28 bits per heavy atom. The van der Waals surface area contributed by atoms with Crippen molar-refractivity contribution in [3.63, 3.8) is 0 Å². The van der Waals surface area contributed by atoms with Crippen molar-refractivity contribution in [1.29, 1.82) is 0 Å². The summed E-state index contributed by atoms with van der Waals surface area (Å²) in [7, 11) is 0. The van der Waals surface area contributed by atoms with Crippen molar-refractivity contribution in [1.82, 2.24) is 0 Å². The number of hydrogen-bond acceptors (Lipinski definition) is 5. The van der Waals surface area contributed by atoms with Gasteiger partial charge in [0.2, 0.25) is 5.12 Å². The Bertz CT molecular complexity index is 949. The number of ketones is 1. The minimum atomic E-state index is -2.24. The summed E-state index contributed by atoms with van der Waals surface area (Å²) in [6.07, 6.45) is 0.619. The van der Waals surface area contributed by atoms with Crippen LogP contribution in [0.25, 0.3) is 0 Å². The van der Waals surface area contributed by atoms with E-state index in [0.29, 0.717) is 6.42 Å². The van der Waals surface area contributed by atoms with Gasteiger partial charge in [-0.2, -0.15) is 0 Å². The minimum absolute atomic E-state index is 0.0476. The second kappa shape index (κ2) is 7.23. The number of carbonyl (C=O) groups excluding carboxylic acids is 3. The SMILES string of the molecule is CCC(=O)O[C@]1(C(=O)S)[C@H](C)CC2C3C[C@H](F)C4=CC(=O)C=CC4(C)[C@@]3(F)C(O)CC21C. The number of carbonyl (C=O) groups is 3. The Morgan fingerprint density at radius 2 is 1.94 bits per heavy atom. The number of esters is 1. The molecule has 0 aromatic rings. The van der Waals surface area contributed by atoms with Crippen LogP contribution in [0.15, 0.2) is 23.8 Å². The minimum Gasteiger partial charge on any atom is -0.449 e. The van der Waals surface area contributed by atoms with Gasteiger partial charge < -0.3 is 9.84 Å². The molecule has 8 heteroatoms. The first-order valence-electron chi connectivity index (χ1n) is 11.2. The predicted octanol–water partition coefficient (Wildman–Crippen LogP) is 3.70. The van der Waals surface area contributed by atoms with Crippen molar-refractivity contribution in [2.45, 2.75) is 76.9 Å². The molecule has 3 saturated carbocycles. The quantitative estimate of drug-likeness (QED) is 0.488. The summed E-state index contributed by atoms with van der Waals surface area (Å²) in [4.78, 5) is 37.2. The molecule has 0 spiro atoms. The number of fused-ring (bicyclic) bond motifs is 5. The normalized spacial score (nSPS) is 49.6. The molecular formula is C24H30F2O5S. The lowest BCUT2D eigenvalue weighted by atomic mass is 9.44. The number of hydrogen-bond donors (Lipinski definition) is 2. The number of thiol groups is 1. The van der Waals surface area contributed by atoms with E-state index in [-0.39, 0.29) is 24.8 Å². The van der Waals surface area contributed by atoms with Crippen LogP contribution in [0.1, 0.15) is 53.4 Å². The maximum absolute atomic E-state index is 17.1. The molecular weight excluding hydrogens is 438 g/mol. The Kier molecular flexibility index (Phi) is 5.33. The van der Waals surface area contributed by atoms with Gasteiger partial charge in [-0.15, -0.1) is 12.6 Å². The molecule has 32 heavy (non-hydrogen) atoms. The molecule has 5 nitrogen and oxygen atoms in total. The summed E-state index contributed by atoms with van der Waals surface area (Å²) < 4.78 is 38.3. The van der Waals surface area contributed by atoms with Crippen LogP contribution >= 0.6 is 12.6 Å². The van der Waals surface area contributed by atoms with Crippen LogP contribution in [0.5, 0.6) is 0 Å². The Morgan fingerprint density at radius 3 is 2.53 bits per heavy atom. The largest absolute Gasteiger partial charge is 0.449 e. The molecule has 0 heterocycles. The van der Waals surface area contributed by atoms with Crippen molar-refractivity contribution in [3.05, 3.63) is 23.8 Å². The van der Waals surface area contributed by atoms with Crippen LogP contribution in [0.4, 0.5) is 8.78 Å². The fourth-order valence-corrected chi connectivity index (χ4v) is 8.01. The van der Waals surface area contributed by atoms with E-state index in [0.717, 1.165) is 6.08 Å². The van der Waals surface area contributed by atoms with Crippen molar-refractivity contribution < 1.29 is 33.0 Å². The molecule has 4 rings (SSSR count). The van der Waals surface area contributed by atoms with Gasteiger partial charge in [-0.3, -0.25) is 14.4 Å². The van der Waals surface area contributed by atoms with Crippen LogP contribution in [-0.2, 0) is 19.1 Å². The third-order valence-electron chi connectivity index (χ3n) is 9.05. The lowest BCUT2D eigenvalue weighted by molar-refractivity contribution is -0.228. The van der Waals surface area contributed by atoms with Crippen LogP contribution < -0.4 is 0 Å². The third kappa shape index (κ3) is 2.62. The van der Waals surface area contributed by atoms with Crippen LogP contribution in [0, 0.1) is 28.6 Å². The maximum atomic E-state index is 17.1. The molecule has 5 unspecified atom stereocenters. The predicted molar refractivity (Wildman–Crippen MR) is 116 cm³/mol. The van der Waals surface area contributed by atoms with Crippen LogP contribution in [0.3, 0.4) is 0 Å². The maximum Gasteiger partial charge on any atom is 0.306 e. The molecule has 3 fully saturated rings. The molecule has 0 saturated heterocycles. The Balaban J connectivity index is 1.87. The molecule has 176 valence electrons. The van der Waals surface area contributed by atoms with E-state index in [9.17, 15) is 19.5 Å². The monoisotopic (exact) mass is 468 g/mol. The molecule has 4 aliphatic carbocycles. The van der Waals surface area contributed by atoms with Gasteiger partial charge in [0.15, 0.2) is 17.1 Å². The second-order valence-corrected chi connectivity index (χ2v) is 10.8. The summed E-state index contributed by atoms with van der Waals surface area (Å²) in [5.74, 6) is -2.94. The molecule has 0 aromatic carbocycles. The van der Waals surface area contributed by atoms with E-state index in [4.69, 9.17) is 4.74 Å². The van der Waals surface area contributed by atoms with E-state index in [1.807, 2.05) is 0 Å². The van der Waals surface area contributed by atoms with Gasteiger partial charge in [0.25, 0.3) is 0 Å². The van der Waals surface area contributed by atoms with Crippen molar-refractivity contribution in [2.75, 3.05) is 0 Å². The van der Waals surface area contributed by atoms with Crippen molar-refractivity contribution >= 4 is 29.5 Å². The van der Waals surface area contributed by atoms with E-state index in [1.165, 1.54) is 19.1 Å². The fraction of sp³-hybridized carbons (Fsp3) is 0.708. The molecule has 0 aromatic heterocycles. The molecule has 0 amide bonds. The molecule has 1 N–H and O–H groups in total. The highest BCUT2D eigenvalue weighted by molar-refractivity contribution is 7.96. The number of alkyl halides is 2.